The maximum absolute atomic E-state index is 11.6. The molecule has 0 aliphatic carbocycles. The third-order valence-electron chi connectivity index (χ3n) is 2.18. The van der Waals surface area contributed by atoms with Crippen LogP contribution in [0.2, 0.25) is 0 Å². The number of hydrogen-bond donors (Lipinski definition) is 2. The number of nitrogens with one attached hydrogen (secondary N) is 2. The molecule has 2 aromatic rings. The molecule has 0 amide bonds. The maximum Gasteiger partial charge on any atom is 0.356 e. The predicted molar refractivity (Wildman–Crippen MR) is 58.7 cm³/mol. The van der Waals surface area contributed by atoms with Crippen LogP contribution in [0.1, 0.15) is 23.1 Å². The van der Waals surface area contributed by atoms with Crippen molar-refractivity contribution in [3.05, 3.63) is 40.6 Å². The number of esters is 1. The lowest BCUT2D eigenvalue weighted by atomic mass is 10.3. The van der Waals surface area contributed by atoms with Crippen LogP contribution in [0.3, 0.4) is 0 Å². The van der Waals surface area contributed by atoms with E-state index < -0.39 is 11.7 Å². The van der Waals surface area contributed by atoms with E-state index in [1.807, 2.05) is 0 Å². The van der Waals surface area contributed by atoms with E-state index in [4.69, 9.17) is 4.74 Å². The molecule has 0 radical (unpaired) electrons. The Morgan fingerprint density at radius 2 is 2.35 bits per heavy atom. The van der Waals surface area contributed by atoms with E-state index in [-0.39, 0.29) is 12.3 Å². The van der Waals surface area contributed by atoms with E-state index in [1.165, 1.54) is 0 Å². The molecule has 0 unspecified atom stereocenters. The average molecular weight is 236 g/mol. The predicted octanol–water partition coefficient (Wildman–Crippen LogP) is 0.124. The number of carbonyl (C=O) groups excluding carboxylic acids is 1. The van der Waals surface area contributed by atoms with Gasteiger partial charge in [0.2, 0.25) is 0 Å². The summed E-state index contributed by atoms with van der Waals surface area (Å²) >= 11 is 0. The van der Waals surface area contributed by atoms with Gasteiger partial charge in [-0.15, -0.1) is 0 Å². The van der Waals surface area contributed by atoms with Crippen LogP contribution in [-0.2, 0) is 11.3 Å². The van der Waals surface area contributed by atoms with Crippen LogP contribution in [0, 0.1) is 0 Å². The minimum Gasteiger partial charge on any atom is -0.461 e. The van der Waals surface area contributed by atoms with Gasteiger partial charge in [-0.05, 0) is 6.92 Å². The number of ether oxygens (including phenoxy) is 1. The van der Waals surface area contributed by atoms with Gasteiger partial charge >= 0.3 is 11.7 Å². The molecule has 2 rings (SSSR count). The SMILES string of the molecule is CCOC(=O)c1[nH]c(=O)[nH]c1Cn1ccnc1. The van der Waals surface area contributed by atoms with Gasteiger partial charge in [0.1, 0.15) is 0 Å². The molecule has 0 aliphatic rings. The number of H-pyrrole nitrogens is 2. The summed E-state index contributed by atoms with van der Waals surface area (Å²) in [5, 5.41) is 0. The van der Waals surface area contributed by atoms with Crippen LogP contribution in [0.4, 0.5) is 0 Å². The van der Waals surface area contributed by atoms with E-state index in [2.05, 4.69) is 15.0 Å². The molecule has 2 aromatic heterocycles. The highest BCUT2D eigenvalue weighted by Gasteiger charge is 2.16. The standard InChI is InChI=1S/C10H12N4O3/c1-2-17-9(15)8-7(12-10(16)13-8)5-14-4-3-11-6-14/h3-4,6H,2,5H2,1H3,(H2,12,13,16). The second-order valence-corrected chi connectivity index (χ2v) is 3.39. The highest BCUT2D eigenvalue weighted by atomic mass is 16.5. The summed E-state index contributed by atoms with van der Waals surface area (Å²) in [5.41, 5.74) is 0.208. The number of hydrogen-bond acceptors (Lipinski definition) is 4. The fourth-order valence-corrected chi connectivity index (χ4v) is 1.48. The Bertz CT molecular complexity index is 552. The fourth-order valence-electron chi connectivity index (χ4n) is 1.48. The second kappa shape index (κ2) is 4.69. The van der Waals surface area contributed by atoms with Gasteiger partial charge in [0.15, 0.2) is 5.69 Å². The number of nitrogens with zero attached hydrogens (tertiary/aromatic N) is 2. The average Bonchev–Trinajstić information content (AvgIpc) is 2.89. The summed E-state index contributed by atoms with van der Waals surface area (Å²) in [6, 6.07) is 0. The lowest BCUT2D eigenvalue weighted by molar-refractivity contribution is 0.0518. The molecule has 0 bridgehead atoms. The van der Waals surface area contributed by atoms with Crippen LogP contribution in [0.25, 0.3) is 0 Å². The largest absolute Gasteiger partial charge is 0.461 e. The molecular formula is C10H12N4O3. The third-order valence-corrected chi connectivity index (χ3v) is 2.18. The van der Waals surface area contributed by atoms with Crippen LogP contribution in [0.15, 0.2) is 23.5 Å². The molecule has 2 N–H and O–H groups in total. The number of aromatic amines is 2. The van der Waals surface area contributed by atoms with Crippen molar-refractivity contribution >= 4 is 5.97 Å². The fraction of sp³-hybridized carbons (Fsp3) is 0.300. The van der Waals surface area contributed by atoms with Crippen molar-refractivity contribution in [1.82, 2.24) is 19.5 Å². The Morgan fingerprint density at radius 1 is 1.53 bits per heavy atom. The highest BCUT2D eigenvalue weighted by molar-refractivity contribution is 5.88. The van der Waals surface area contributed by atoms with Crippen LogP contribution in [-0.4, -0.2) is 32.1 Å². The molecule has 0 aromatic carbocycles. The summed E-state index contributed by atoms with van der Waals surface area (Å²) < 4.78 is 6.59. The summed E-state index contributed by atoms with van der Waals surface area (Å²) in [4.78, 5) is 31.6. The minimum atomic E-state index is -0.541. The first kappa shape index (κ1) is 11.2. The summed E-state index contributed by atoms with van der Waals surface area (Å²) in [7, 11) is 0. The van der Waals surface area contributed by atoms with E-state index in [0.717, 1.165) is 0 Å². The van der Waals surface area contributed by atoms with Crippen molar-refractivity contribution in [3.8, 4) is 0 Å². The molecular weight excluding hydrogens is 224 g/mol. The Kier molecular flexibility index (Phi) is 3.08. The molecule has 0 saturated carbocycles. The van der Waals surface area contributed by atoms with Gasteiger partial charge in [0.05, 0.1) is 25.2 Å². The quantitative estimate of drug-likeness (QED) is 0.737. The van der Waals surface area contributed by atoms with Gasteiger partial charge in [0, 0.05) is 12.4 Å². The Morgan fingerprint density at radius 3 is 3.00 bits per heavy atom. The Hall–Kier alpha value is -2.31. The first-order valence-electron chi connectivity index (χ1n) is 5.14. The zero-order valence-electron chi connectivity index (χ0n) is 9.27. The molecule has 0 fully saturated rings. The lowest BCUT2D eigenvalue weighted by Crippen LogP contribution is -2.10. The van der Waals surface area contributed by atoms with Crippen molar-refractivity contribution in [2.24, 2.45) is 0 Å². The van der Waals surface area contributed by atoms with Gasteiger partial charge in [-0.2, -0.15) is 0 Å². The zero-order valence-corrected chi connectivity index (χ0v) is 9.27. The second-order valence-electron chi connectivity index (χ2n) is 3.39. The van der Waals surface area contributed by atoms with E-state index in [1.54, 1.807) is 30.2 Å². The smallest absolute Gasteiger partial charge is 0.356 e. The molecule has 2 heterocycles. The number of carbonyl (C=O) groups is 1. The van der Waals surface area contributed by atoms with Crippen molar-refractivity contribution in [1.29, 1.82) is 0 Å². The number of aromatic nitrogens is 4. The minimum absolute atomic E-state index is 0.158. The zero-order chi connectivity index (χ0) is 12.3. The summed E-state index contributed by atoms with van der Waals surface area (Å²) in [6.45, 7) is 2.32. The van der Waals surface area contributed by atoms with Crippen LogP contribution >= 0.6 is 0 Å². The van der Waals surface area contributed by atoms with Crippen LogP contribution < -0.4 is 5.69 Å². The topological polar surface area (TPSA) is 92.8 Å². The van der Waals surface area contributed by atoms with Crippen molar-refractivity contribution in [3.63, 3.8) is 0 Å². The molecule has 7 heteroatoms. The molecule has 0 spiro atoms. The highest BCUT2D eigenvalue weighted by Crippen LogP contribution is 2.05. The van der Waals surface area contributed by atoms with Crippen LogP contribution in [0.5, 0.6) is 0 Å². The molecule has 90 valence electrons. The first-order valence-corrected chi connectivity index (χ1v) is 5.14. The Labute approximate surface area is 96.5 Å². The van der Waals surface area contributed by atoms with Gasteiger partial charge in [-0.1, -0.05) is 0 Å². The van der Waals surface area contributed by atoms with Crippen molar-refractivity contribution in [2.45, 2.75) is 13.5 Å². The number of imidazole rings is 2. The van der Waals surface area contributed by atoms with Gasteiger partial charge in [-0.25, -0.2) is 14.6 Å². The van der Waals surface area contributed by atoms with Crippen molar-refractivity contribution in [2.75, 3.05) is 6.61 Å². The molecule has 7 nitrogen and oxygen atoms in total. The number of rotatable bonds is 4. The van der Waals surface area contributed by atoms with Gasteiger partial charge in [0.25, 0.3) is 0 Å². The normalized spacial score (nSPS) is 10.4. The molecule has 17 heavy (non-hydrogen) atoms. The van der Waals surface area contributed by atoms with Crippen molar-refractivity contribution < 1.29 is 9.53 Å². The first-order chi connectivity index (χ1) is 8.20. The maximum atomic E-state index is 11.6. The van der Waals surface area contributed by atoms with Gasteiger partial charge in [-0.3, -0.25) is 4.98 Å². The van der Waals surface area contributed by atoms with E-state index in [0.29, 0.717) is 12.2 Å². The summed E-state index contributed by atoms with van der Waals surface area (Å²) in [6.07, 6.45) is 4.95. The summed E-state index contributed by atoms with van der Waals surface area (Å²) in [5.74, 6) is -0.541. The lowest BCUT2D eigenvalue weighted by Gasteiger charge is -2.03. The van der Waals surface area contributed by atoms with E-state index >= 15 is 0 Å². The third kappa shape index (κ3) is 2.44. The van der Waals surface area contributed by atoms with Gasteiger partial charge < -0.3 is 14.3 Å². The van der Waals surface area contributed by atoms with E-state index in [9.17, 15) is 9.59 Å². The Balaban J connectivity index is 2.27. The molecule has 0 saturated heterocycles. The monoisotopic (exact) mass is 236 g/mol. The molecule has 0 atom stereocenters. The molecule has 0 aliphatic heterocycles.